The van der Waals surface area contributed by atoms with Crippen molar-refractivity contribution in [3.05, 3.63) is 65.9 Å². The first-order valence-electron chi connectivity index (χ1n) is 10.4. The lowest BCUT2D eigenvalue weighted by Crippen LogP contribution is -2.46. The van der Waals surface area contributed by atoms with Crippen LogP contribution in [-0.4, -0.2) is 55.2 Å². The van der Waals surface area contributed by atoms with E-state index in [2.05, 4.69) is 56.3 Å². The predicted molar refractivity (Wildman–Crippen MR) is 119 cm³/mol. The van der Waals surface area contributed by atoms with Gasteiger partial charge in [0.15, 0.2) is 11.5 Å². The molecular weight excluding hydrogens is 374 g/mol. The van der Waals surface area contributed by atoms with Gasteiger partial charge in [0.25, 0.3) is 0 Å². The van der Waals surface area contributed by atoms with E-state index in [9.17, 15) is 0 Å². The van der Waals surface area contributed by atoms with E-state index < -0.39 is 0 Å². The van der Waals surface area contributed by atoms with Crippen LogP contribution in [0.4, 0.5) is 5.82 Å². The first kappa shape index (κ1) is 18.8. The van der Waals surface area contributed by atoms with Gasteiger partial charge in [-0.3, -0.25) is 14.0 Å². The van der Waals surface area contributed by atoms with E-state index in [1.54, 1.807) is 0 Å². The summed E-state index contributed by atoms with van der Waals surface area (Å²) in [7, 11) is 1.93. The highest BCUT2D eigenvalue weighted by molar-refractivity contribution is 5.70. The fourth-order valence-electron chi connectivity index (χ4n) is 4.43. The molecule has 0 unspecified atom stereocenters. The van der Waals surface area contributed by atoms with Crippen LogP contribution < -0.4 is 4.90 Å². The van der Waals surface area contributed by atoms with Gasteiger partial charge in [-0.2, -0.15) is 5.10 Å². The SMILES string of the molecule is Cc1cc(C)cc(CN2CCN(c3nccn4c(-c5cnn(C)c5)cnc34)CC2)c1. The summed E-state index contributed by atoms with van der Waals surface area (Å²) >= 11 is 0. The van der Waals surface area contributed by atoms with Gasteiger partial charge in [0, 0.05) is 63.9 Å². The standard InChI is InChI=1S/C23H27N7/c1-17-10-18(2)12-19(11-17)15-28-6-8-29(9-7-28)22-23-25-14-21(30(23)5-4-24-22)20-13-26-27(3)16-20/h4-5,10-14,16H,6-9,15H2,1-3H3. The molecule has 0 spiro atoms. The van der Waals surface area contributed by atoms with Crippen molar-refractivity contribution in [2.24, 2.45) is 7.05 Å². The molecule has 0 amide bonds. The minimum Gasteiger partial charge on any atom is -0.351 e. The Hall–Kier alpha value is -3.19. The normalized spacial score (nSPS) is 15.2. The zero-order chi connectivity index (χ0) is 20.7. The number of hydrogen-bond donors (Lipinski definition) is 0. The quantitative estimate of drug-likeness (QED) is 0.526. The van der Waals surface area contributed by atoms with Crippen molar-refractivity contribution >= 4 is 11.5 Å². The second kappa shape index (κ2) is 7.57. The summed E-state index contributed by atoms with van der Waals surface area (Å²) in [5.41, 5.74) is 7.07. The predicted octanol–water partition coefficient (Wildman–Crippen LogP) is 3.07. The van der Waals surface area contributed by atoms with Gasteiger partial charge >= 0.3 is 0 Å². The molecule has 1 fully saturated rings. The number of anilines is 1. The molecule has 5 rings (SSSR count). The summed E-state index contributed by atoms with van der Waals surface area (Å²) in [5.74, 6) is 0.957. The number of fused-ring (bicyclic) bond motifs is 1. The Bertz CT molecular complexity index is 1160. The lowest BCUT2D eigenvalue weighted by atomic mass is 10.1. The Morgan fingerprint density at radius 3 is 2.40 bits per heavy atom. The lowest BCUT2D eigenvalue weighted by molar-refractivity contribution is 0.249. The third-order valence-electron chi connectivity index (χ3n) is 5.77. The molecule has 1 saturated heterocycles. The number of rotatable bonds is 4. The van der Waals surface area contributed by atoms with Crippen molar-refractivity contribution in [1.29, 1.82) is 0 Å². The van der Waals surface area contributed by atoms with Crippen molar-refractivity contribution in [1.82, 2.24) is 29.0 Å². The maximum Gasteiger partial charge on any atom is 0.180 e. The van der Waals surface area contributed by atoms with Crippen molar-refractivity contribution < 1.29 is 0 Å². The van der Waals surface area contributed by atoms with Gasteiger partial charge in [-0.1, -0.05) is 29.3 Å². The van der Waals surface area contributed by atoms with E-state index in [1.807, 2.05) is 42.7 Å². The van der Waals surface area contributed by atoms with Crippen LogP contribution in [0.2, 0.25) is 0 Å². The van der Waals surface area contributed by atoms with Crippen LogP contribution in [0.25, 0.3) is 16.9 Å². The van der Waals surface area contributed by atoms with E-state index >= 15 is 0 Å². The third kappa shape index (κ3) is 3.57. The van der Waals surface area contributed by atoms with Gasteiger partial charge in [-0.25, -0.2) is 9.97 Å². The van der Waals surface area contributed by atoms with E-state index in [0.29, 0.717) is 0 Å². The average molecular weight is 402 g/mol. The molecule has 0 aliphatic carbocycles. The largest absolute Gasteiger partial charge is 0.351 e. The van der Waals surface area contributed by atoms with Gasteiger partial charge in [0.2, 0.25) is 0 Å². The van der Waals surface area contributed by atoms with Gasteiger partial charge in [-0.15, -0.1) is 0 Å². The van der Waals surface area contributed by atoms with Crippen LogP contribution in [0.3, 0.4) is 0 Å². The van der Waals surface area contributed by atoms with Crippen LogP contribution in [0.1, 0.15) is 16.7 Å². The minimum atomic E-state index is 0.902. The molecule has 1 aliphatic heterocycles. The summed E-state index contributed by atoms with van der Waals surface area (Å²) in [4.78, 5) is 14.3. The molecule has 3 aromatic heterocycles. The molecule has 0 atom stereocenters. The number of nitrogens with zero attached hydrogens (tertiary/aromatic N) is 7. The first-order chi connectivity index (χ1) is 14.6. The number of hydrogen-bond acceptors (Lipinski definition) is 5. The summed E-state index contributed by atoms with van der Waals surface area (Å²) in [6, 6.07) is 6.83. The highest BCUT2D eigenvalue weighted by atomic mass is 15.3. The summed E-state index contributed by atoms with van der Waals surface area (Å²) in [6.45, 7) is 9.29. The minimum absolute atomic E-state index is 0.902. The Kier molecular flexibility index (Phi) is 4.75. The van der Waals surface area contributed by atoms with Crippen LogP contribution >= 0.6 is 0 Å². The van der Waals surface area contributed by atoms with E-state index in [-0.39, 0.29) is 0 Å². The molecule has 4 aromatic rings. The van der Waals surface area contributed by atoms with Crippen molar-refractivity contribution in [3.8, 4) is 11.3 Å². The monoisotopic (exact) mass is 401 g/mol. The Morgan fingerprint density at radius 2 is 1.70 bits per heavy atom. The molecule has 7 nitrogen and oxygen atoms in total. The summed E-state index contributed by atoms with van der Waals surface area (Å²) < 4.78 is 3.92. The Balaban J connectivity index is 1.33. The molecule has 1 aliphatic rings. The van der Waals surface area contributed by atoms with Crippen LogP contribution in [0.15, 0.2) is 49.2 Å². The van der Waals surface area contributed by atoms with E-state index in [0.717, 1.165) is 55.4 Å². The number of imidazole rings is 1. The third-order valence-corrected chi connectivity index (χ3v) is 5.77. The molecule has 0 N–H and O–H groups in total. The van der Waals surface area contributed by atoms with Crippen LogP contribution in [0.5, 0.6) is 0 Å². The second-order valence-corrected chi connectivity index (χ2v) is 8.25. The topological polar surface area (TPSA) is 54.5 Å². The average Bonchev–Trinajstić information content (AvgIpc) is 3.33. The van der Waals surface area contributed by atoms with Gasteiger partial charge in [0.05, 0.1) is 18.1 Å². The zero-order valence-electron chi connectivity index (χ0n) is 17.8. The smallest absolute Gasteiger partial charge is 0.180 e. The van der Waals surface area contributed by atoms with Crippen molar-refractivity contribution in [2.75, 3.05) is 31.1 Å². The lowest BCUT2D eigenvalue weighted by Gasteiger charge is -2.35. The molecule has 0 saturated carbocycles. The maximum absolute atomic E-state index is 4.69. The molecule has 30 heavy (non-hydrogen) atoms. The molecule has 1 aromatic carbocycles. The second-order valence-electron chi connectivity index (χ2n) is 8.25. The number of aryl methyl sites for hydroxylation is 3. The number of piperazine rings is 1. The first-order valence-corrected chi connectivity index (χ1v) is 10.4. The van der Waals surface area contributed by atoms with Gasteiger partial charge in [0.1, 0.15) is 0 Å². The molecule has 4 heterocycles. The highest BCUT2D eigenvalue weighted by Crippen LogP contribution is 2.25. The summed E-state index contributed by atoms with van der Waals surface area (Å²) in [6.07, 6.45) is 9.63. The van der Waals surface area contributed by atoms with Crippen molar-refractivity contribution in [2.45, 2.75) is 20.4 Å². The van der Waals surface area contributed by atoms with E-state index in [1.165, 1.54) is 16.7 Å². The van der Waals surface area contributed by atoms with E-state index in [4.69, 9.17) is 4.98 Å². The van der Waals surface area contributed by atoms with Gasteiger partial charge < -0.3 is 4.90 Å². The maximum atomic E-state index is 4.69. The van der Waals surface area contributed by atoms with Crippen molar-refractivity contribution in [3.63, 3.8) is 0 Å². The highest BCUT2D eigenvalue weighted by Gasteiger charge is 2.21. The number of benzene rings is 1. The molecule has 154 valence electrons. The summed E-state index contributed by atoms with van der Waals surface area (Å²) in [5, 5.41) is 4.29. The molecule has 7 heteroatoms. The molecule has 0 radical (unpaired) electrons. The van der Waals surface area contributed by atoms with Crippen LogP contribution in [0, 0.1) is 13.8 Å². The number of aromatic nitrogens is 5. The fraction of sp³-hybridized carbons (Fsp3) is 0.348. The fourth-order valence-corrected chi connectivity index (χ4v) is 4.43. The van der Waals surface area contributed by atoms with Gasteiger partial charge in [-0.05, 0) is 19.4 Å². The zero-order valence-corrected chi connectivity index (χ0v) is 17.8. The van der Waals surface area contributed by atoms with Crippen LogP contribution in [-0.2, 0) is 13.6 Å². The Morgan fingerprint density at radius 1 is 0.933 bits per heavy atom. The Labute approximate surface area is 176 Å². The molecule has 0 bridgehead atoms. The molecular formula is C23H27N7.